The van der Waals surface area contributed by atoms with Crippen molar-refractivity contribution in [1.82, 2.24) is 0 Å². The van der Waals surface area contributed by atoms with Gasteiger partial charge in [0.05, 0.1) is 0 Å². The molecule has 0 spiro atoms. The first kappa shape index (κ1) is 12.1. The molecule has 0 radical (unpaired) electrons. The average Bonchev–Trinajstić information content (AvgIpc) is 2.01. The molecule has 0 amide bonds. The Morgan fingerprint density at radius 1 is 1.07 bits per heavy atom. The number of hydrogen-bond acceptors (Lipinski definition) is 0. The summed E-state index contributed by atoms with van der Waals surface area (Å²) < 4.78 is 0. The molecular formula is C14H28. The fraction of sp³-hybridized carbons (Fsp3) is 1.00. The highest BCUT2D eigenvalue weighted by atomic mass is 14.4. The third kappa shape index (κ3) is 2.52. The van der Waals surface area contributed by atoms with Crippen molar-refractivity contribution in [2.24, 2.45) is 29.1 Å². The summed E-state index contributed by atoms with van der Waals surface area (Å²) in [6, 6.07) is 0. The van der Waals surface area contributed by atoms with E-state index in [2.05, 4.69) is 41.5 Å². The van der Waals surface area contributed by atoms with Crippen LogP contribution in [0.2, 0.25) is 0 Å². The maximum absolute atomic E-state index is 2.46. The Morgan fingerprint density at radius 2 is 1.64 bits per heavy atom. The maximum atomic E-state index is 2.46. The van der Waals surface area contributed by atoms with Crippen LogP contribution in [0.15, 0.2) is 0 Å². The highest BCUT2D eigenvalue weighted by Gasteiger charge is 2.39. The predicted octanol–water partition coefficient (Wildman–Crippen LogP) is 4.74. The van der Waals surface area contributed by atoms with Crippen molar-refractivity contribution < 1.29 is 0 Å². The lowest BCUT2D eigenvalue weighted by Crippen LogP contribution is -2.38. The molecule has 3 unspecified atom stereocenters. The zero-order valence-corrected chi connectivity index (χ0v) is 10.9. The Labute approximate surface area is 90.5 Å². The van der Waals surface area contributed by atoms with Crippen molar-refractivity contribution in [3.05, 3.63) is 0 Å². The van der Waals surface area contributed by atoms with E-state index in [1.165, 1.54) is 19.3 Å². The monoisotopic (exact) mass is 196 g/mol. The summed E-state index contributed by atoms with van der Waals surface area (Å²) in [6.45, 7) is 14.5. The first-order chi connectivity index (χ1) is 6.34. The number of hydrogen-bond donors (Lipinski definition) is 0. The molecule has 1 fully saturated rings. The van der Waals surface area contributed by atoms with E-state index in [-0.39, 0.29) is 0 Å². The average molecular weight is 196 g/mol. The minimum absolute atomic E-state index is 0.495. The van der Waals surface area contributed by atoms with Crippen LogP contribution in [-0.4, -0.2) is 0 Å². The van der Waals surface area contributed by atoms with Gasteiger partial charge in [-0.3, -0.25) is 0 Å². The highest BCUT2D eigenvalue weighted by Crippen LogP contribution is 2.47. The van der Waals surface area contributed by atoms with Crippen molar-refractivity contribution in [2.45, 2.75) is 60.8 Å². The maximum Gasteiger partial charge on any atom is -0.0309 e. The van der Waals surface area contributed by atoms with Gasteiger partial charge >= 0.3 is 0 Å². The molecule has 1 aliphatic carbocycles. The SMILES string of the molecule is CC(C)C1CCCC(C)C1C(C)(C)C. The molecule has 1 rings (SSSR count). The van der Waals surface area contributed by atoms with Gasteiger partial charge in [0, 0.05) is 0 Å². The van der Waals surface area contributed by atoms with Gasteiger partial charge in [0.2, 0.25) is 0 Å². The molecule has 84 valence electrons. The molecule has 0 nitrogen and oxygen atoms in total. The van der Waals surface area contributed by atoms with E-state index in [0.29, 0.717) is 5.41 Å². The molecule has 14 heavy (non-hydrogen) atoms. The molecule has 0 aliphatic heterocycles. The van der Waals surface area contributed by atoms with Crippen molar-refractivity contribution in [2.75, 3.05) is 0 Å². The Bertz CT molecular complexity index is 173. The molecule has 0 heteroatoms. The summed E-state index contributed by atoms with van der Waals surface area (Å²) in [5.74, 6) is 3.67. The van der Waals surface area contributed by atoms with E-state index in [9.17, 15) is 0 Å². The van der Waals surface area contributed by atoms with Crippen molar-refractivity contribution >= 4 is 0 Å². The fourth-order valence-corrected chi connectivity index (χ4v) is 3.70. The van der Waals surface area contributed by atoms with Crippen molar-refractivity contribution in [3.8, 4) is 0 Å². The van der Waals surface area contributed by atoms with Crippen LogP contribution in [0.25, 0.3) is 0 Å². The largest absolute Gasteiger partial charge is 0.0625 e. The lowest BCUT2D eigenvalue weighted by Gasteiger charge is -2.46. The summed E-state index contributed by atoms with van der Waals surface area (Å²) in [5, 5.41) is 0. The summed E-state index contributed by atoms with van der Waals surface area (Å²) in [7, 11) is 0. The Morgan fingerprint density at radius 3 is 2.00 bits per heavy atom. The molecule has 0 N–H and O–H groups in total. The van der Waals surface area contributed by atoms with E-state index in [1.807, 2.05) is 0 Å². The first-order valence-electron chi connectivity index (χ1n) is 6.34. The second kappa shape index (κ2) is 4.24. The Hall–Kier alpha value is 0. The molecule has 0 bridgehead atoms. The van der Waals surface area contributed by atoms with E-state index in [0.717, 1.165) is 23.7 Å². The summed E-state index contributed by atoms with van der Waals surface area (Å²) in [4.78, 5) is 0. The second-order valence-corrected chi connectivity index (χ2v) is 6.71. The van der Waals surface area contributed by atoms with Crippen LogP contribution in [0, 0.1) is 29.1 Å². The van der Waals surface area contributed by atoms with Crippen LogP contribution < -0.4 is 0 Å². The minimum Gasteiger partial charge on any atom is -0.0625 e. The highest BCUT2D eigenvalue weighted by molar-refractivity contribution is 4.88. The predicted molar refractivity (Wildman–Crippen MR) is 64.3 cm³/mol. The van der Waals surface area contributed by atoms with Gasteiger partial charge in [0.15, 0.2) is 0 Å². The molecule has 0 heterocycles. The molecule has 1 aliphatic rings. The van der Waals surface area contributed by atoms with Crippen molar-refractivity contribution in [1.29, 1.82) is 0 Å². The molecule has 0 aromatic heterocycles. The van der Waals surface area contributed by atoms with E-state index < -0.39 is 0 Å². The standard InChI is InChI=1S/C14H28/c1-10(2)12-9-7-8-11(3)13(12)14(4,5)6/h10-13H,7-9H2,1-6H3. The van der Waals surface area contributed by atoms with Crippen molar-refractivity contribution in [3.63, 3.8) is 0 Å². The normalized spacial score (nSPS) is 34.9. The smallest absolute Gasteiger partial charge is 0.0309 e. The van der Waals surface area contributed by atoms with Crippen LogP contribution >= 0.6 is 0 Å². The van der Waals surface area contributed by atoms with Gasteiger partial charge in [0.25, 0.3) is 0 Å². The van der Waals surface area contributed by atoms with Gasteiger partial charge in [-0.2, -0.15) is 0 Å². The lowest BCUT2D eigenvalue weighted by atomic mass is 9.59. The van der Waals surface area contributed by atoms with E-state index >= 15 is 0 Å². The van der Waals surface area contributed by atoms with Crippen LogP contribution in [-0.2, 0) is 0 Å². The third-order valence-electron chi connectivity index (χ3n) is 4.13. The van der Waals surface area contributed by atoms with E-state index in [4.69, 9.17) is 0 Å². The number of rotatable bonds is 1. The summed E-state index contributed by atoms with van der Waals surface area (Å²) in [5.41, 5.74) is 0.495. The third-order valence-corrected chi connectivity index (χ3v) is 4.13. The van der Waals surface area contributed by atoms with Crippen LogP contribution in [0.3, 0.4) is 0 Å². The molecule has 0 saturated heterocycles. The van der Waals surface area contributed by atoms with Gasteiger partial charge in [-0.15, -0.1) is 0 Å². The zero-order valence-electron chi connectivity index (χ0n) is 10.9. The molecule has 0 aromatic carbocycles. The Kier molecular flexibility index (Phi) is 3.66. The van der Waals surface area contributed by atoms with Crippen LogP contribution in [0.4, 0.5) is 0 Å². The van der Waals surface area contributed by atoms with E-state index in [1.54, 1.807) is 0 Å². The summed E-state index contributed by atoms with van der Waals surface area (Å²) >= 11 is 0. The van der Waals surface area contributed by atoms with Crippen LogP contribution in [0.5, 0.6) is 0 Å². The molecular weight excluding hydrogens is 168 g/mol. The first-order valence-corrected chi connectivity index (χ1v) is 6.34. The van der Waals surface area contributed by atoms with Gasteiger partial charge in [-0.05, 0) is 35.5 Å². The molecule has 1 saturated carbocycles. The summed E-state index contributed by atoms with van der Waals surface area (Å²) in [6.07, 6.45) is 4.37. The fourth-order valence-electron chi connectivity index (χ4n) is 3.70. The van der Waals surface area contributed by atoms with Gasteiger partial charge in [-0.25, -0.2) is 0 Å². The zero-order chi connectivity index (χ0) is 10.9. The Balaban J connectivity index is 2.82. The molecule has 0 aromatic rings. The van der Waals surface area contributed by atoms with Crippen LogP contribution in [0.1, 0.15) is 60.8 Å². The minimum atomic E-state index is 0.495. The second-order valence-electron chi connectivity index (χ2n) is 6.71. The quantitative estimate of drug-likeness (QED) is 0.568. The van der Waals surface area contributed by atoms with Gasteiger partial charge in [0.1, 0.15) is 0 Å². The topological polar surface area (TPSA) is 0 Å². The van der Waals surface area contributed by atoms with Gasteiger partial charge < -0.3 is 0 Å². The lowest BCUT2D eigenvalue weighted by molar-refractivity contribution is 0.0309. The van der Waals surface area contributed by atoms with Gasteiger partial charge in [-0.1, -0.05) is 54.4 Å². The molecule has 3 atom stereocenters.